The van der Waals surface area contributed by atoms with Gasteiger partial charge in [-0.2, -0.15) is 0 Å². The molecular formula is C18H37N5O3. The lowest BCUT2D eigenvalue weighted by atomic mass is 10.3. The first-order chi connectivity index (χ1) is 12.6. The molecule has 0 aromatic carbocycles. The number of carbonyl (C=O) groups is 1. The molecule has 0 aromatic heterocycles. The third-order valence-corrected chi connectivity index (χ3v) is 4.13. The van der Waals surface area contributed by atoms with E-state index in [0.717, 1.165) is 78.4 Å². The number of rotatable bonds is 12. The number of amides is 1. The zero-order chi connectivity index (χ0) is 19.0. The fraction of sp³-hybridized carbons (Fsp3) is 0.889. The van der Waals surface area contributed by atoms with E-state index < -0.39 is 0 Å². The average Bonchev–Trinajstić information content (AvgIpc) is 2.65. The van der Waals surface area contributed by atoms with Gasteiger partial charge < -0.3 is 25.0 Å². The first-order valence-corrected chi connectivity index (χ1v) is 9.73. The zero-order valence-corrected chi connectivity index (χ0v) is 16.8. The molecular weight excluding hydrogens is 334 g/mol. The van der Waals surface area contributed by atoms with Gasteiger partial charge in [-0.05, 0) is 32.7 Å². The Balaban J connectivity index is 2.28. The Labute approximate surface area is 158 Å². The third kappa shape index (κ3) is 11.3. The predicted octanol–water partition coefficient (Wildman–Crippen LogP) is 0.149. The van der Waals surface area contributed by atoms with Crippen molar-refractivity contribution in [1.29, 1.82) is 0 Å². The summed E-state index contributed by atoms with van der Waals surface area (Å²) in [6, 6.07) is 0. The maximum absolute atomic E-state index is 11.8. The van der Waals surface area contributed by atoms with Crippen LogP contribution in [0.4, 0.5) is 0 Å². The summed E-state index contributed by atoms with van der Waals surface area (Å²) < 4.78 is 10.7. The number of morpholine rings is 1. The van der Waals surface area contributed by atoms with Crippen LogP contribution in [0.25, 0.3) is 0 Å². The smallest absolute Gasteiger partial charge is 0.243 e. The molecule has 8 nitrogen and oxygen atoms in total. The van der Waals surface area contributed by atoms with Gasteiger partial charge in [0.05, 0.1) is 13.2 Å². The van der Waals surface area contributed by atoms with Crippen molar-refractivity contribution in [2.75, 3.05) is 79.8 Å². The van der Waals surface area contributed by atoms with Gasteiger partial charge in [0.1, 0.15) is 6.54 Å². The monoisotopic (exact) mass is 371 g/mol. The van der Waals surface area contributed by atoms with Gasteiger partial charge in [-0.3, -0.25) is 9.69 Å². The number of likely N-dealkylation sites (N-methyl/N-ethyl adjacent to an activating group) is 1. The zero-order valence-electron chi connectivity index (χ0n) is 16.8. The van der Waals surface area contributed by atoms with Gasteiger partial charge in [0.15, 0.2) is 5.96 Å². The molecule has 0 spiro atoms. The maximum Gasteiger partial charge on any atom is 0.243 e. The summed E-state index contributed by atoms with van der Waals surface area (Å²) in [7, 11) is 3.49. The van der Waals surface area contributed by atoms with Gasteiger partial charge in [-0.25, -0.2) is 4.99 Å². The molecule has 0 radical (unpaired) electrons. The Morgan fingerprint density at radius 1 is 1.15 bits per heavy atom. The van der Waals surface area contributed by atoms with E-state index in [4.69, 9.17) is 9.47 Å². The minimum absolute atomic E-state index is 0.00392. The van der Waals surface area contributed by atoms with Crippen LogP contribution in [0.15, 0.2) is 4.99 Å². The summed E-state index contributed by atoms with van der Waals surface area (Å²) in [5.41, 5.74) is 0. The Kier molecular flexibility index (Phi) is 12.9. The third-order valence-electron chi connectivity index (χ3n) is 4.13. The highest BCUT2D eigenvalue weighted by Gasteiger charge is 2.09. The molecule has 1 rings (SSSR count). The van der Waals surface area contributed by atoms with E-state index >= 15 is 0 Å². The molecule has 0 unspecified atom stereocenters. The summed E-state index contributed by atoms with van der Waals surface area (Å²) in [5, 5.41) is 6.64. The van der Waals surface area contributed by atoms with E-state index in [9.17, 15) is 4.79 Å². The predicted molar refractivity (Wildman–Crippen MR) is 105 cm³/mol. The normalized spacial score (nSPS) is 15.7. The van der Waals surface area contributed by atoms with E-state index in [1.165, 1.54) is 0 Å². The number of aliphatic imine (C=N–C) groups is 1. The van der Waals surface area contributed by atoms with Crippen molar-refractivity contribution >= 4 is 11.9 Å². The summed E-state index contributed by atoms with van der Waals surface area (Å²) in [6.07, 6.45) is 3.06. The van der Waals surface area contributed by atoms with Crippen LogP contribution in [0.1, 0.15) is 26.2 Å². The molecule has 1 saturated heterocycles. The van der Waals surface area contributed by atoms with Crippen LogP contribution >= 0.6 is 0 Å². The molecule has 0 atom stereocenters. The van der Waals surface area contributed by atoms with E-state index in [0.29, 0.717) is 5.96 Å². The minimum atomic E-state index is -0.00392. The highest BCUT2D eigenvalue weighted by Crippen LogP contribution is 1.97. The summed E-state index contributed by atoms with van der Waals surface area (Å²) >= 11 is 0. The lowest BCUT2D eigenvalue weighted by Gasteiger charge is -2.26. The number of hydrogen-bond donors (Lipinski definition) is 2. The van der Waals surface area contributed by atoms with Crippen molar-refractivity contribution in [3.63, 3.8) is 0 Å². The fourth-order valence-corrected chi connectivity index (χ4v) is 2.48. The highest BCUT2D eigenvalue weighted by atomic mass is 16.5. The molecule has 1 heterocycles. The number of guanidine groups is 1. The second kappa shape index (κ2) is 14.8. The first-order valence-electron chi connectivity index (χ1n) is 9.73. The molecule has 0 saturated carbocycles. The molecule has 152 valence electrons. The van der Waals surface area contributed by atoms with Gasteiger partial charge in [-0.15, -0.1) is 0 Å². The molecule has 0 aromatic rings. The molecule has 1 amide bonds. The quantitative estimate of drug-likeness (QED) is 0.289. The lowest BCUT2D eigenvalue weighted by Crippen LogP contribution is -2.41. The fourth-order valence-electron chi connectivity index (χ4n) is 2.48. The van der Waals surface area contributed by atoms with Gasteiger partial charge in [-0.1, -0.05) is 0 Å². The highest BCUT2D eigenvalue weighted by molar-refractivity contribution is 5.84. The van der Waals surface area contributed by atoms with Crippen molar-refractivity contribution in [3.05, 3.63) is 0 Å². The van der Waals surface area contributed by atoms with Crippen molar-refractivity contribution in [2.45, 2.75) is 26.2 Å². The van der Waals surface area contributed by atoms with Crippen LogP contribution in [0.5, 0.6) is 0 Å². The molecule has 26 heavy (non-hydrogen) atoms. The molecule has 1 fully saturated rings. The second-order valence-corrected chi connectivity index (χ2v) is 6.52. The van der Waals surface area contributed by atoms with Crippen LogP contribution in [0.2, 0.25) is 0 Å². The average molecular weight is 372 g/mol. The molecule has 8 heteroatoms. The largest absolute Gasteiger partial charge is 0.382 e. The molecule has 0 bridgehead atoms. The second-order valence-electron chi connectivity index (χ2n) is 6.52. The van der Waals surface area contributed by atoms with Gasteiger partial charge >= 0.3 is 0 Å². The van der Waals surface area contributed by atoms with Crippen molar-refractivity contribution < 1.29 is 14.3 Å². The number of nitrogens with zero attached hydrogens (tertiary/aromatic N) is 3. The Morgan fingerprint density at radius 3 is 2.50 bits per heavy atom. The SMILES string of the molecule is CCOCCCCNC(=NCC(=O)N(C)C)NCCCN1CCOCC1. The number of ether oxygens (including phenoxy) is 2. The van der Waals surface area contributed by atoms with Gasteiger partial charge in [0.2, 0.25) is 5.91 Å². The summed E-state index contributed by atoms with van der Waals surface area (Å²) in [6.45, 7) is 10.1. The number of hydrogen-bond acceptors (Lipinski definition) is 5. The molecule has 2 N–H and O–H groups in total. The van der Waals surface area contributed by atoms with E-state index in [1.54, 1.807) is 19.0 Å². The standard InChI is InChI=1S/C18H37N5O3/c1-4-25-13-6-5-8-19-18(21-16-17(24)22(2)3)20-9-7-10-23-11-14-26-15-12-23/h4-16H2,1-3H3,(H2,19,20,21). The summed E-state index contributed by atoms with van der Waals surface area (Å²) in [5.74, 6) is 0.703. The van der Waals surface area contributed by atoms with Crippen molar-refractivity contribution in [2.24, 2.45) is 4.99 Å². The topological polar surface area (TPSA) is 78.4 Å². The molecule has 0 aliphatic carbocycles. The maximum atomic E-state index is 11.8. The minimum Gasteiger partial charge on any atom is -0.382 e. The number of unbranched alkanes of at least 4 members (excludes halogenated alkanes) is 1. The van der Waals surface area contributed by atoms with Gasteiger partial charge in [0, 0.05) is 53.5 Å². The van der Waals surface area contributed by atoms with Gasteiger partial charge in [0.25, 0.3) is 0 Å². The van der Waals surface area contributed by atoms with E-state index in [2.05, 4.69) is 20.5 Å². The van der Waals surface area contributed by atoms with Crippen LogP contribution in [0.3, 0.4) is 0 Å². The summed E-state index contributed by atoms with van der Waals surface area (Å²) in [4.78, 5) is 20.1. The van der Waals surface area contributed by atoms with Crippen LogP contribution in [-0.2, 0) is 14.3 Å². The van der Waals surface area contributed by atoms with Crippen LogP contribution in [0, 0.1) is 0 Å². The first kappa shape index (κ1) is 22.7. The van der Waals surface area contributed by atoms with Crippen molar-refractivity contribution in [3.8, 4) is 0 Å². The number of nitrogens with one attached hydrogen (secondary N) is 2. The Bertz CT molecular complexity index is 398. The van der Waals surface area contributed by atoms with E-state index in [1.807, 2.05) is 6.92 Å². The molecule has 1 aliphatic rings. The number of carbonyl (C=O) groups excluding carboxylic acids is 1. The Hall–Kier alpha value is -1.38. The van der Waals surface area contributed by atoms with Crippen molar-refractivity contribution in [1.82, 2.24) is 20.4 Å². The van der Waals surface area contributed by atoms with Crippen LogP contribution < -0.4 is 10.6 Å². The molecule has 1 aliphatic heterocycles. The van der Waals surface area contributed by atoms with E-state index in [-0.39, 0.29) is 12.5 Å². The Morgan fingerprint density at radius 2 is 1.85 bits per heavy atom. The lowest BCUT2D eigenvalue weighted by molar-refractivity contribution is -0.127. The van der Waals surface area contributed by atoms with Crippen LogP contribution in [-0.4, -0.2) is 101 Å².